The van der Waals surface area contributed by atoms with E-state index < -0.39 is 24.0 Å². The van der Waals surface area contributed by atoms with Gasteiger partial charge in [0.05, 0.1) is 23.8 Å². The lowest BCUT2D eigenvalue weighted by Crippen LogP contribution is -2.40. The number of nitrogens with zero attached hydrogens (tertiary/aromatic N) is 1. The fourth-order valence-corrected chi connectivity index (χ4v) is 2.89. The maximum absolute atomic E-state index is 12.6. The molecule has 1 amide bonds. The maximum Gasteiger partial charge on any atom is 0.326 e. The summed E-state index contributed by atoms with van der Waals surface area (Å²) in [6.45, 7) is -0.0252. The number of β-amino-alcohol motifs (C(OH)–C–C–N with tert-alkyl or cyclic N) is 1. The van der Waals surface area contributed by atoms with Crippen molar-refractivity contribution in [1.82, 2.24) is 4.90 Å². The van der Waals surface area contributed by atoms with E-state index in [1.54, 1.807) is 6.07 Å². The van der Waals surface area contributed by atoms with Crippen molar-refractivity contribution in [2.75, 3.05) is 13.7 Å². The molecule has 2 N–H and O–H groups in total. The topological polar surface area (TPSA) is 87.1 Å². The SMILES string of the molecule is COc1cc(I)c(Cl)cc1C(=O)N1C[C@H](O)C[C@@H]1C(=O)O. The number of hydrogen-bond acceptors (Lipinski definition) is 4. The highest BCUT2D eigenvalue weighted by Gasteiger charge is 2.40. The third-order valence-corrected chi connectivity index (χ3v) is 4.82. The first-order chi connectivity index (χ1) is 9.85. The van der Waals surface area contributed by atoms with Crippen LogP contribution >= 0.6 is 34.2 Å². The molecule has 2 atom stereocenters. The highest BCUT2D eigenvalue weighted by atomic mass is 127. The number of aliphatic carboxylic acids is 1. The second kappa shape index (κ2) is 6.37. The largest absolute Gasteiger partial charge is 0.496 e. The number of methoxy groups -OCH3 is 1. The van der Waals surface area contributed by atoms with Crippen LogP contribution in [0.2, 0.25) is 5.02 Å². The summed E-state index contributed by atoms with van der Waals surface area (Å²) in [7, 11) is 1.42. The fraction of sp³-hybridized carbons (Fsp3) is 0.385. The average Bonchev–Trinajstić information content (AvgIpc) is 2.82. The summed E-state index contributed by atoms with van der Waals surface area (Å²) in [5.74, 6) is -1.34. The van der Waals surface area contributed by atoms with Crippen LogP contribution in [-0.4, -0.2) is 52.8 Å². The van der Waals surface area contributed by atoms with Crippen molar-refractivity contribution in [3.05, 3.63) is 26.3 Å². The quantitative estimate of drug-likeness (QED) is 0.719. The second-order valence-electron chi connectivity index (χ2n) is 4.67. The molecule has 1 fully saturated rings. The summed E-state index contributed by atoms with van der Waals surface area (Å²) >= 11 is 8.03. The van der Waals surface area contributed by atoms with E-state index in [4.69, 9.17) is 21.4 Å². The Morgan fingerprint density at radius 3 is 2.71 bits per heavy atom. The van der Waals surface area contributed by atoms with E-state index >= 15 is 0 Å². The monoisotopic (exact) mass is 425 g/mol. The van der Waals surface area contributed by atoms with Crippen LogP contribution < -0.4 is 4.74 Å². The van der Waals surface area contributed by atoms with E-state index in [0.717, 1.165) is 8.47 Å². The number of carboxylic acids is 1. The van der Waals surface area contributed by atoms with Crippen LogP contribution in [-0.2, 0) is 4.79 Å². The van der Waals surface area contributed by atoms with Gasteiger partial charge in [-0.3, -0.25) is 4.79 Å². The van der Waals surface area contributed by atoms with Crippen LogP contribution in [0.3, 0.4) is 0 Å². The molecule has 0 spiro atoms. The predicted molar refractivity (Wildman–Crippen MR) is 83.8 cm³/mol. The van der Waals surface area contributed by atoms with Crippen LogP contribution in [0, 0.1) is 3.57 Å². The van der Waals surface area contributed by atoms with Crippen molar-refractivity contribution in [1.29, 1.82) is 0 Å². The first-order valence-corrected chi connectivity index (χ1v) is 7.55. The molecule has 21 heavy (non-hydrogen) atoms. The van der Waals surface area contributed by atoms with Gasteiger partial charge in [0.2, 0.25) is 0 Å². The highest BCUT2D eigenvalue weighted by molar-refractivity contribution is 14.1. The molecule has 1 aromatic carbocycles. The molecule has 1 saturated heterocycles. The van der Waals surface area contributed by atoms with Crippen molar-refractivity contribution >= 4 is 46.1 Å². The van der Waals surface area contributed by atoms with Crippen LogP contribution in [0.1, 0.15) is 16.8 Å². The van der Waals surface area contributed by atoms with Gasteiger partial charge in [-0.25, -0.2) is 4.79 Å². The van der Waals surface area contributed by atoms with Crippen LogP contribution in [0.4, 0.5) is 0 Å². The lowest BCUT2D eigenvalue weighted by molar-refractivity contribution is -0.141. The molecule has 0 aliphatic carbocycles. The molecule has 6 nitrogen and oxygen atoms in total. The number of aliphatic hydroxyl groups excluding tert-OH is 1. The predicted octanol–water partition coefficient (Wildman–Crippen LogP) is 1.61. The van der Waals surface area contributed by atoms with Gasteiger partial charge in [0.15, 0.2) is 0 Å². The van der Waals surface area contributed by atoms with Gasteiger partial charge in [0.1, 0.15) is 11.8 Å². The molecule has 1 aliphatic rings. The Bertz CT molecular complexity index is 594. The van der Waals surface area contributed by atoms with Crippen molar-refractivity contribution in [2.24, 2.45) is 0 Å². The van der Waals surface area contributed by atoms with Gasteiger partial charge in [-0.15, -0.1) is 0 Å². The van der Waals surface area contributed by atoms with E-state index in [2.05, 4.69) is 0 Å². The highest BCUT2D eigenvalue weighted by Crippen LogP contribution is 2.31. The number of rotatable bonds is 3. The minimum atomic E-state index is -1.14. The number of benzene rings is 1. The smallest absolute Gasteiger partial charge is 0.326 e. The number of halogens is 2. The fourth-order valence-electron chi connectivity index (χ4n) is 2.29. The molecule has 1 aliphatic heterocycles. The summed E-state index contributed by atoms with van der Waals surface area (Å²) in [5.41, 5.74) is 0.184. The zero-order valence-electron chi connectivity index (χ0n) is 11.0. The normalized spacial score (nSPS) is 21.4. The molecule has 0 unspecified atom stereocenters. The van der Waals surface area contributed by atoms with Gasteiger partial charge in [-0.2, -0.15) is 0 Å². The number of carbonyl (C=O) groups is 2. The van der Waals surface area contributed by atoms with Gasteiger partial charge in [-0.05, 0) is 34.7 Å². The van der Waals surface area contributed by atoms with E-state index in [9.17, 15) is 14.7 Å². The molecule has 2 rings (SSSR count). The van der Waals surface area contributed by atoms with E-state index in [-0.39, 0.29) is 18.5 Å². The summed E-state index contributed by atoms with van der Waals surface area (Å²) in [6.07, 6.45) is -0.832. The Morgan fingerprint density at radius 2 is 2.14 bits per heavy atom. The number of amides is 1. The molecule has 0 aromatic heterocycles. The van der Waals surface area contributed by atoms with Crippen LogP contribution in [0.5, 0.6) is 5.75 Å². The lowest BCUT2D eigenvalue weighted by atomic mass is 10.1. The van der Waals surface area contributed by atoms with Crippen LogP contribution in [0.25, 0.3) is 0 Å². The number of likely N-dealkylation sites (tertiary alicyclic amines) is 1. The van der Waals surface area contributed by atoms with E-state index in [0.29, 0.717) is 10.8 Å². The average molecular weight is 426 g/mol. The molecule has 0 bridgehead atoms. The molecule has 0 radical (unpaired) electrons. The Balaban J connectivity index is 2.40. The lowest BCUT2D eigenvalue weighted by Gasteiger charge is -2.22. The molecule has 1 heterocycles. The number of hydrogen-bond donors (Lipinski definition) is 2. The molecule has 0 saturated carbocycles. The maximum atomic E-state index is 12.6. The number of ether oxygens (including phenoxy) is 1. The Morgan fingerprint density at radius 1 is 1.48 bits per heavy atom. The summed E-state index contributed by atoms with van der Waals surface area (Å²) in [5, 5.41) is 19.2. The molecule has 1 aromatic rings. The summed E-state index contributed by atoms with van der Waals surface area (Å²) < 4.78 is 5.88. The zero-order valence-corrected chi connectivity index (χ0v) is 14.0. The van der Waals surface area contributed by atoms with Gasteiger partial charge < -0.3 is 19.8 Å². The van der Waals surface area contributed by atoms with Gasteiger partial charge in [0.25, 0.3) is 5.91 Å². The summed E-state index contributed by atoms with van der Waals surface area (Å²) in [6, 6.07) is 2.02. The Kier molecular flexibility index (Phi) is 4.95. The number of carboxylic acid groups (broad SMARTS) is 1. The molecule has 8 heteroatoms. The number of aliphatic hydroxyl groups is 1. The molecule has 114 valence electrons. The van der Waals surface area contributed by atoms with Crippen molar-refractivity contribution in [3.8, 4) is 5.75 Å². The molecular formula is C13H13ClINO5. The van der Waals surface area contributed by atoms with Crippen molar-refractivity contribution in [3.63, 3.8) is 0 Å². The Labute approximate surface area is 139 Å². The first kappa shape index (κ1) is 16.3. The van der Waals surface area contributed by atoms with E-state index in [1.165, 1.54) is 13.2 Å². The minimum Gasteiger partial charge on any atom is -0.496 e. The standard InChI is InChI=1S/C13H13ClINO5/c1-21-11-4-9(15)8(14)3-7(11)12(18)16-5-6(17)2-10(16)13(19)20/h3-4,6,10,17H,2,5H2,1H3,(H,19,20)/t6-,10-/m1/s1. The molecular weight excluding hydrogens is 413 g/mol. The second-order valence-corrected chi connectivity index (χ2v) is 6.24. The van der Waals surface area contributed by atoms with E-state index in [1.807, 2.05) is 22.6 Å². The van der Waals surface area contributed by atoms with Crippen molar-refractivity contribution < 1.29 is 24.5 Å². The third kappa shape index (κ3) is 3.24. The van der Waals surface area contributed by atoms with Gasteiger partial charge in [-0.1, -0.05) is 11.6 Å². The number of carbonyl (C=O) groups excluding carboxylic acids is 1. The van der Waals surface area contributed by atoms with Crippen LogP contribution in [0.15, 0.2) is 12.1 Å². The first-order valence-electron chi connectivity index (χ1n) is 6.10. The summed E-state index contributed by atoms with van der Waals surface area (Å²) in [4.78, 5) is 24.9. The zero-order chi connectivity index (χ0) is 15.7. The van der Waals surface area contributed by atoms with Crippen molar-refractivity contribution in [2.45, 2.75) is 18.6 Å². The third-order valence-electron chi connectivity index (χ3n) is 3.30. The van der Waals surface area contributed by atoms with Gasteiger partial charge in [0, 0.05) is 16.5 Å². The minimum absolute atomic E-state index is 0.0154. The van der Waals surface area contributed by atoms with Gasteiger partial charge >= 0.3 is 5.97 Å². The Hall–Kier alpha value is -1.06.